The summed E-state index contributed by atoms with van der Waals surface area (Å²) in [5.41, 5.74) is 2.47. The molecule has 1 aromatic heterocycles. The van der Waals surface area contributed by atoms with Gasteiger partial charge < -0.3 is 4.74 Å². The van der Waals surface area contributed by atoms with E-state index in [1.54, 1.807) is 18.4 Å². The summed E-state index contributed by atoms with van der Waals surface area (Å²) in [5, 5.41) is 4.23. The first kappa shape index (κ1) is 9.98. The van der Waals surface area contributed by atoms with Gasteiger partial charge in [-0.25, -0.2) is 0 Å². The molecule has 2 rings (SSSR count). The predicted octanol–water partition coefficient (Wildman–Crippen LogP) is 4.03. The minimum absolute atomic E-state index is 0.915. The summed E-state index contributed by atoms with van der Waals surface area (Å²) >= 11 is 4.01. The van der Waals surface area contributed by atoms with Crippen LogP contribution in [0, 0.1) is 3.57 Å². The third kappa shape index (κ3) is 2.09. The number of hydrogen-bond acceptors (Lipinski definition) is 2. The Hall–Kier alpha value is -0.550. The van der Waals surface area contributed by atoms with E-state index in [4.69, 9.17) is 4.74 Å². The SMILES string of the molecule is COc1cc(I)cc(-c2ccsc2)c1. The second-order valence-corrected chi connectivity index (χ2v) is 4.92. The summed E-state index contributed by atoms with van der Waals surface area (Å²) in [6, 6.07) is 8.36. The number of hydrogen-bond donors (Lipinski definition) is 0. The molecule has 0 amide bonds. The van der Waals surface area contributed by atoms with Gasteiger partial charge in [-0.1, -0.05) is 0 Å². The van der Waals surface area contributed by atoms with Gasteiger partial charge in [0.2, 0.25) is 0 Å². The van der Waals surface area contributed by atoms with Gasteiger partial charge in [-0.2, -0.15) is 11.3 Å². The molecule has 1 heterocycles. The summed E-state index contributed by atoms with van der Waals surface area (Å²) in [6.45, 7) is 0. The largest absolute Gasteiger partial charge is 0.497 e. The fraction of sp³-hybridized carbons (Fsp3) is 0.0909. The highest BCUT2D eigenvalue weighted by molar-refractivity contribution is 14.1. The van der Waals surface area contributed by atoms with Crippen LogP contribution in [0.25, 0.3) is 11.1 Å². The maximum Gasteiger partial charge on any atom is 0.120 e. The summed E-state index contributed by atoms with van der Waals surface area (Å²) in [4.78, 5) is 0. The van der Waals surface area contributed by atoms with Crippen LogP contribution in [0.15, 0.2) is 35.0 Å². The molecule has 0 spiro atoms. The number of thiophene rings is 1. The van der Waals surface area contributed by atoms with Crippen LogP contribution >= 0.6 is 33.9 Å². The van der Waals surface area contributed by atoms with Crippen LogP contribution in [0.5, 0.6) is 5.75 Å². The number of ether oxygens (including phenoxy) is 1. The van der Waals surface area contributed by atoms with Gasteiger partial charge in [0.05, 0.1) is 7.11 Å². The molecule has 0 radical (unpaired) electrons. The van der Waals surface area contributed by atoms with Crippen molar-refractivity contribution in [2.45, 2.75) is 0 Å². The van der Waals surface area contributed by atoms with Crippen LogP contribution in [-0.4, -0.2) is 7.11 Å². The van der Waals surface area contributed by atoms with Crippen LogP contribution in [0.2, 0.25) is 0 Å². The average molecular weight is 316 g/mol. The molecule has 0 aliphatic rings. The molecule has 14 heavy (non-hydrogen) atoms. The number of halogens is 1. The molecule has 3 heteroatoms. The lowest BCUT2D eigenvalue weighted by Gasteiger charge is -2.04. The normalized spacial score (nSPS) is 10.1. The van der Waals surface area contributed by atoms with E-state index in [1.165, 1.54) is 14.7 Å². The van der Waals surface area contributed by atoms with Crippen molar-refractivity contribution in [2.75, 3.05) is 7.11 Å². The summed E-state index contributed by atoms with van der Waals surface area (Å²) in [6.07, 6.45) is 0. The first-order valence-electron chi connectivity index (χ1n) is 4.17. The molecule has 0 N–H and O–H groups in total. The first-order chi connectivity index (χ1) is 6.79. The van der Waals surface area contributed by atoms with Crippen molar-refractivity contribution < 1.29 is 4.74 Å². The molecule has 0 aliphatic heterocycles. The van der Waals surface area contributed by atoms with Gasteiger partial charge in [-0.15, -0.1) is 0 Å². The van der Waals surface area contributed by atoms with E-state index in [0.717, 1.165) is 5.75 Å². The van der Waals surface area contributed by atoms with Crippen molar-refractivity contribution in [3.05, 3.63) is 38.6 Å². The Labute approximate surface area is 101 Å². The van der Waals surface area contributed by atoms with Gasteiger partial charge in [-0.3, -0.25) is 0 Å². The van der Waals surface area contributed by atoms with Crippen LogP contribution in [0.4, 0.5) is 0 Å². The first-order valence-corrected chi connectivity index (χ1v) is 6.19. The molecule has 72 valence electrons. The highest BCUT2D eigenvalue weighted by atomic mass is 127. The van der Waals surface area contributed by atoms with Crippen LogP contribution < -0.4 is 4.74 Å². The standard InChI is InChI=1S/C11H9IOS/c1-13-11-5-9(4-10(12)6-11)8-2-3-14-7-8/h2-7H,1H3. The van der Waals surface area contributed by atoms with Crippen LogP contribution in [0.1, 0.15) is 0 Å². The predicted molar refractivity (Wildman–Crippen MR) is 69.0 cm³/mol. The maximum absolute atomic E-state index is 5.23. The molecule has 0 unspecified atom stereocenters. The van der Waals surface area contributed by atoms with E-state index in [1.807, 2.05) is 6.07 Å². The van der Waals surface area contributed by atoms with Crippen LogP contribution in [-0.2, 0) is 0 Å². The van der Waals surface area contributed by atoms with E-state index in [9.17, 15) is 0 Å². The zero-order valence-corrected chi connectivity index (χ0v) is 10.6. The molecule has 1 nitrogen and oxygen atoms in total. The number of rotatable bonds is 2. The van der Waals surface area contributed by atoms with Crippen molar-refractivity contribution in [3.8, 4) is 16.9 Å². The zero-order valence-electron chi connectivity index (χ0n) is 7.66. The molecule has 0 saturated heterocycles. The van der Waals surface area contributed by atoms with Gasteiger partial charge in [0, 0.05) is 3.57 Å². The summed E-state index contributed by atoms with van der Waals surface area (Å²) in [5.74, 6) is 0.915. The molecule has 1 aromatic carbocycles. The van der Waals surface area contributed by atoms with Crippen molar-refractivity contribution in [1.82, 2.24) is 0 Å². The second kappa shape index (κ2) is 4.31. The summed E-state index contributed by atoms with van der Waals surface area (Å²) < 4.78 is 6.43. The Balaban J connectivity index is 2.48. The van der Waals surface area contributed by atoms with E-state index < -0.39 is 0 Å². The Kier molecular flexibility index (Phi) is 3.08. The second-order valence-electron chi connectivity index (χ2n) is 2.89. The highest BCUT2D eigenvalue weighted by Gasteiger charge is 2.02. The molecule has 0 atom stereocenters. The van der Waals surface area contributed by atoms with Gasteiger partial charge in [0.1, 0.15) is 5.75 Å². The third-order valence-electron chi connectivity index (χ3n) is 1.96. The molecule has 0 fully saturated rings. The Morgan fingerprint density at radius 2 is 2.07 bits per heavy atom. The van der Waals surface area contributed by atoms with Crippen molar-refractivity contribution >= 4 is 33.9 Å². The van der Waals surface area contributed by atoms with Gasteiger partial charge in [0.25, 0.3) is 0 Å². The van der Waals surface area contributed by atoms with Gasteiger partial charge >= 0.3 is 0 Å². The molecule has 2 aromatic rings. The van der Waals surface area contributed by atoms with E-state index in [0.29, 0.717) is 0 Å². The lowest BCUT2D eigenvalue weighted by atomic mass is 10.1. The molecular weight excluding hydrogens is 307 g/mol. The molecule has 0 aliphatic carbocycles. The quantitative estimate of drug-likeness (QED) is 0.760. The van der Waals surface area contributed by atoms with Crippen molar-refractivity contribution in [2.24, 2.45) is 0 Å². The average Bonchev–Trinajstić information content (AvgIpc) is 2.69. The number of methoxy groups -OCH3 is 1. The van der Waals surface area contributed by atoms with E-state index >= 15 is 0 Å². The fourth-order valence-electron chi connectivity index (χ4n) is 1.28. The molecule has 0 bridgehead atoms. The Morgan fingerprint density at radius 1 is 1.21 bits per heavy atom. The van der Waals surface area contributed by atoms with Crippen LogP contribution in [0.3, 0.4) is 0 Å². The lowest BCUT2D eigenvalue weighted by molar-refractivity contribution is 0.414. The van der Waals surface area contributed by atoms with Gasteiger partial charge in [-0.05, 0) is 68.7 Å². The molecule has 0 saturated carbocycles. The topological polar surface area (TPSA) is 9.23 Å². The smallest absolute Gasteiger partial charge is 0.120 e. The lowest BCUT2D eigenvalue weighted by Crippen LogP contribution is -1.85. The third-order valence-corrected chi connectivity index (χ3v) is 3.27. The van der Waals surface area contributed by atoms with Crippen molar-refractivity contribution in [1.29, 1.82) is 0 Å². The van der Waals surface area contributed by atoms with Crippen molar-refractivity contribution in [3.63, 3.8) is 0 Å². The monoisotopic (exact) mass is 316 g/mol. The zero-order chi connectivity index (χ0) is 9.97. The maximum atomic E-state index is 5.23. The van der Waals surface area contributed by atoms with Gasteiger partial charge in [0.15, 0.2) is 0 Å². The van der Waals surface area contributed by atoms with E-state index in [-0.39, 0.29) is 0 Å². The highest BCUT2D eigenvalue weighted by Crippen LogP contribution is 2.28. The fourth-order valence-corrected chi connectivity index (χ4v) is 2.58. The number of benzene rings is 1. The molecular formula is C11H9IOS. The minimum atomic E-state index is 0.915. The van der Waals surface area contributed by atoms with E-state index in [2.05, 4.69) is 51.6 Å². The Morgan fingerprint density at radius 3 is 2.71 bits per heavy atom. The Bertz CT molecular complexity index is 423. The summed E-state index contributed by atoms with van der Waals surface area (Å²) in [7, 11) is 1.70. The minimum Gasteiger partial charge on any atom is -0.497 e.